The molecule has 0 spiro atoms. The minimum Gasteiger partial charge on any atom is -0.391 e. The second-order valence-electron chi connectivity index (χ2n) is 17.4. The molecule has 0 unspecified atom stereocenters. The summed E-state index contributed by atoms with van der Waals surface area (Å²) in [5, 5.41) is 39.3. The average molecular weight is 999 g/mol. The Morgan fingerprint density at radius 3 is 1.46 bits per heavy atom. The summed E-state index contributed by atoms with van der Waals surface area (Å²) in [7, 11) is 0. The number of amides is 4. The zero-order valence-electron chi connectivity index (χ0n) is 37.1. The number of hydrogen-bond acceptors (Lipinski definition) is 14. The first-order valence-corrected chi connectivity index (χ1v) is 24.5. The first kappa shape index (κ1) is 48.7. The van der Waals surface area contributed by atoms with Gasteiger partial charge in [-0.05, 0) is 87.1 Å². The summed E-state index contributed by atoms with van der Waals surface area (Å²) >= 11 is 2.89. The molecule has 364 valence electrons. The fourth-order valence-corrected chi connectivity index (χ4v) is 10.5. The van der Waals surface area contributed by atoms with Crippen molar-refractivity contribution in [1.82, 2.24) is 30.6 Å². The molecule has 0 radical (unpaired) electrons. The van der Waals surface area contributed by atoms with Gasteiger partial charge in [0.1, 0.15) is 34.3 Å². The highest BCUT2D eigenvalue weighted by Gasteiger charge is 2.35. The van der Waals surface area contributed by atoms with Crippen molar-refractivity contribution in [2.45, 2.75) is 85.7 Å². The predicted octanol–water partition coefficient (Wildman–Crippen LogP) is 6.42. The molecule has 4 aromatic heterocycles. The molecule has 2 fully saturated rings. The van der Waals surface area contributed by atoms with Gasteiger partial charge in [-0.15, -0.1) is 23.5 Å². The molecule has 10 rings (SSSR count). The third-order valence-electron chi connectivity index (χ3n) is 12.6. The van der Waals surface area contributed by atoms with Gasteiger partial charge in [0.05, 0.1) is 56.3 Å². The van der Waals surface area contributed by atoms with Crippen LogP contribution >= 0.6 is 23.5 Å². The number of nitrogens with one attached hydrogen (secondary N) is 6. The van der Waals surface area contributed by atoms with E-state index in [1.807, 2.05) is 24.3 Å². The van der Waals surface area contributed by atoms with Crippen LogP contribution in [0.3, 0.4) is 0 Å². The molecule has 16 nitrogen and oxygen atoms in total. The van der Waals surface area contributed by atoms with Crippen LogP contribution in [0.5, 0.6) is 0 Å². The Bertz CT molecular complexity index is 2810. The Hall–Kier alpha value is -6.30. The third-order valence-corrected chi connectivity index (χ3v) is 14.7. The summed E-state index contributed by atoms with van der Waals surface area (Å²) in [6.07, 6.45) is 3.91. The van der Waals surface area contributed by atoms with Gasteiger partial charge >= 0.3 is 0 Å². The summed E-state index contributed by atoms with van der Waals surface area (Å²) in [6.45, 7) is 0.819. The van der Waals surface area contributed by atoms with Crippen molar-refractivity contribution in [1.29, 1.82) is 0 Å². The molecule has 70 heavy (non-hydrogen) atoms. The number of aromatic nitrogens is 4. The van der Waals surface area contributed by atoms with E-state index in [0.29, 0.717) is 61.9 Å². The number of pyridine rings is 4. The van der Waals surface area contributed by atoms with Crippen molar-refractivity contribution in [2.75, 3.05) is 32.8 Å². The van der Waals surface area contributed by atoms with E-state index < -0.39 is 47.3 Å². The number of rotatable bonds is 10. The number of benzene rings is 2. The first-order valence-electron chi connectivity index (χ1n) is 22.5. The van der Waals surface area contributed by atoms with Crippen LogP contribution < -0.4 is 31.9 Å². The summed E-state index contributed by atoms with van der Waals surface area (Å²) < 4.78 is 55.5. The van der Waals surface area contributed by atoms with Crippen molar-refractivity contribution >= 4 is 92.0 Å². The smallest absolute Gasteiger partial charge is 0.235 e. The van der Waals surface area contributed by atoms with Crippen molar-refractivity contribution in [3.8, 4) is 0 Å². The van der Waals surface area contributed by atoms with Gasteiger partial charge in [0.15, 0.2) is 11.6 Å². The highest BCUT2D eigenvalue weighted by atomic mass is 32.2. The van der Waals surface area contributed by atoms with E-state index in [1.165, 1.54) is 48.1 Å². The Labute approximate surface area is 406 Å². The summed E-state index contributed by atoms with van der Waals surface area (Å²) in [4.78, 5) is 67.6. The fourth-order valence-electron chi connectivity index (χ4n) is 8.97. The Kier molecular flexibility index (Phi) is 14.9. The van der Waals surface area contributed by atoms with E-state index in [-0.39, 0.29) is 81.7 Å². The molecule has 2 aliphatic heterocycles. The van der Waals surface area contributed by atoms with Crippen molar-refractivity contribution < 1.29 is 47.0 Å². The Morgan fingerprint density at radius 1 is 0.614 bits per heavy atom. The molecule has 6 heterocycles. The van der Waals surface area contributed by atoms with Crippen molar-refractivity contribution in [3.05, 3.63) is 108 Å². The zero-order valence-corrected chi connectivity index (χ0v) is 38.7. The van der Waals surface area contributed by atoms with Gasteiger partial charge < -0.3 is 42.1 Å². The minimum atomic E-state index is -0.798. The maximum atomic E-state index is 14.0. The molecule has 2 aromatic carbocycles. The standard InChI is InChI=1S/2C24H23F2N5O3S/c2*25-13-8-15-17(5-6-27-22(15)16(26)9-13)30-24(34)12-1-3-18(19(32)7-12)28-10-14-2-4-20-23(29-14)31-21(33)11-35-20/h2*2,4-6,8-9,12,18-19,28,32H,1,3,7,10-11H2,(H,27,30,34)(H,29,31,33)/t2*12-,18-,19-/m10/s1. The van der Waals surface area contributed by atoms with E-state index in [9.17, 15) is 47.0 Å². The zero-order chi connectivity index (χ0) is 49.1. The van der Waals surface area contributed by atoms with Crippen LogP contribution in [-0.2, 0) is 32.3 Å². The second-order valence-corrected chi connectivity index (χ2v) is 19.4. The van der Waals surface area contributed by atoms with Crippen LogP contribution in [0, 0.1) is 35.1 Å². The summed E-state index contributed by atoms with van der Waals surface area (Å²) in [5.41, 5.74) is 1.98. The fraction of sp³-hybridized carbons (Fsp3) is 0.333. The highest BCUT2D eigenvalue weighted by molar-refractivity contribution is 8.00. The van der Waals surface area contributed by atoms with E-state index in [4.69, 9.17) is 0 Å². The topological polar surface area (TPSA) is 232 Å². The number of hydrogen-bond donors (Lipinski definition) is 8. The number of carbonyl (C=O) groups excluding carboxylic acids is 4. The van der Waals surface area contributed by atoms with Gasteiger partial charge in [-0.2, -0.15) is 0 Å². The number of nitrogens with zero attached hydrogens (tertiary/aromatic N) is 4. The molecule has 0 saturated heterocycles. The highest BCUT2D eigenvalue weighted by Crippen LogP contribution is 2.34. The molecule has 2 saturated carbocycles. The predicted molar refractivity (Wildman–Crippen MR) is 256 cm³/mol. The quantitative estimate of drug-likeness (QED) is 0.0693. The van der Waals surface area contributed by atoms with Crippen LogP contribution in [0.1, 0.15) is 49.9 Å². The van der Waals surface area contributed by atoms with Crippen LogP contribution in [0.25, 0.3) is 21.8 Å². The summed E-state index contributed by atoms with van der Waals surface area (Å²) in [6, 6.07) is 13.9. The number of anilines is 4. The number of aliphatic hydroxyl groups is 2. The van der Waals surface area contributed by atoms with E-state index in [1.54, 1.807) is 0 Å². The monoisotopic (exact) mass is 998 g/mol. The molecule has 6 atom stereocenters. The second kappa shape index (κ2) is 21.4. The van der Waals surface area contributed by atoms with Crippen molar-refractivity contribution in [3.63, 3.8) is 0 Å². The molecule has 8 N–H and O–H groups in total. The lowest BCUT2D eigenvalue weighted by Gasteiger charge is -2.33. The normalized spacial score (nSPS) is 21.9. The van der Waals surface area contributed by atoms with E-state index >= 15 is 0 Å². The number of fused-ring (bicyclic) bond motifs is 4. The van der Waals surface area contributed by atoms with Gasteiger partial charge in [-0.3, -0.25) is 29.1 Å². The first-order chi connectivity index (χ1) is 33.7. The number of carbonyl (C=O) groups is 4. The third kappa shape index (κ3) is 11.3. The van der Waals surface area contributed by atoms with E-state index in [2.05, 4.69) is 51.8 Å². The molecule has 2 aliphatic carbocycles. The van der Waals surface area contributed by atoms with Gasteiger partial charge in [0, 0.05) is 72.3 Å². The van der Waals surface area contributed by atoms with Crippen LogP contribution in [0.2, 0.25) is 0 Å². The van der Waals surface area contributed by atoms with Gasteiger partial charge in [0.2, 0.25) is 23.6 Å². The van der Waals surface area contributed by atoms with Gasteiger partial charge in [0.25, 0.3) is 0 Å². The molecular formula is C48H46F4N10O6S2. The van der Waals surface area contributed by atoms with Crippen molar-refractivity contribution in [2.24, 2.45) is 11.8 Å². The van der Waals surface area contributed by atoms with Gasteiger partial charge in [-0.1, -0.05) is 0 Å². The molecule has 6 aromatic rings. The molecule has 4 amide bonds. The Morgan fingerprint density at radius 2 is 1.04 bits per heavy atom. The number of thioether (sulfide) groups is 2. The maximum Gasteiger partial charge on any atom is 0.235 e. The van der Waals surface area contributed by atoms with Crippen LogP contribution in [0.4, 0.5) is 40.6 Å². The SMILES string of the molecule is O=C1CSc2ccc(CN[C@@H]3CC[C@@H](C(=O)Nc4ccnc5c(F)cc(F)cc45)C[C@H]3O)nc2N1.O=C1CSc2ccc(CN[C@H]3CC[C@H](C(=O)Nc4ccnc5c(F)cc(F)cc45)C[C@@H]3O)nc2N1. The molecular weight excluding hydrogens is 953 g/mol. The molecule has 22 heteroatoms. The van der Waals surface area contributed by atoms with Gasteiger partial charge in [-0.25, -0.2) is 27.5 Å². The average Bonchev–Trinajstić information content (AvgIpc) is 3.33. The van der Waals surface area contributed by atoms with Crippen LogP contribution in [0.15, 0.2) is 82.8 Å². The number of aliphatic hydroxyl groups excluding tert-OH is 2. The number of halogens is 4. The van der Waals surface area contributed by atoms with E-state index in [0.717, 1.165) is 45.4 Å². The Balaban J connectivity index is 0.000000174. The largest absolute Gasteiger partial charge is 0.391 e. The lowest BCUT2D eigenvalue weighted by Crippen LogP contribution is -2.46. The lowest BCUT2D eigenvalue weighted by molar-refractivity contribution is -0.123. The molecule has 4 aliphatic rings. The van der Waals surface area contributed by atoms with Crippen LogP contribution in [-0.4, -0.2) is 89.6 Å². The molecule has 0 bridgehead atoms. The minimum absolute atomic E-state index is 0.0221. The maximum absolute atomic E-state index is 14.0. The summed E-state index contributed by atoms with van der Waals surface area (Å²) in [5.74, 6) is -2.94. The lowest BCUT2D eigenvalue weighted by atomic mass is 9.83.